The maximum atomic E-state index is 13.3. The summed E-state index contributed by atoms with van der Waals surface area (Å²) in [5.41, 5.74) is 4.76. The lowest BCUT2D eigenvalue weighted by molar-refractivity contribution is 0.519. The second-order valence-corrected chi connectivity index (χ2v) is 9.71. The van der Waals surface area contributed by atoms with Crippen LogP contribution in [0.25, 0.3) is 11.2 Å². The van der Waals surface area contributed by atoms with E-state index in [9.17, 15) is 18.0 Å². The van der Waals surface area contributed by atoms with Crippen molar-refractivity contribution in [1.29, 1.82) is 0 Å². The first-order valence-electron chi connectivity index (χ1n) is 9.70. The first kappa shape index (κ1) is 18.2. The molecule has 2 aliphatic rings. The van der Waals surface area contributed by atoms with Crippen molar-refractivity contribution in [3.05, 3.63) is 51.2 Å². The number of hydrogen-bond acceptors (Lipinski definition) is 6. The standard InChI is InChI=1S/C19H21N5O4S/c20-18-21-16-15(24(18)29(27,28)14-4-2-1-3-5-14)17(25)23(11-13-8-9-13)19(26)22(16)10-12-6-7-12/h1-5,12-13H,6-11H2,(H2,20,21). The summed E-state index contributed by atoms with van der Waals surface area (Å²) in [7, 11) is -4.15. The van der Waals surface area contributed by atoms with Crippen LogP contribution < -0.4 is 17.0 Å². The zero-order valence-electron chi connectivity index (χ0n) is 15.7. The van der Waals surface area contributed by atoms with Gasteiger partial charge in [-0.25, -0.2) is 13.2 Å². The van der Waals surface area contributed by atoms with Crippen LogP contribution in [0.1, 0.15) is 25.7 Å². The van der Waals surface area contributed by atoms with Crippen molar-refractivity contribution in [3.8, 4) is 0 Å². The van der Waals surface area contributed by atoms with E-state index in [0.717, 1.165) is 34.2 Å². The molecule has 2 aliphatic carbocycles. The van der Waals surface area contributed by atoms with Crippen LogP contribution in [-0.2, 0) is 23.1 Å². The molecule has 0 bridgehead atoms. The number of nitrogen functional groups attached to an aromatic ring is 1. The molecule has 0 saturated heterocycles. The molecule has 10 heteroatoms. The highest BCUT2D eigenvalue weighted by Crippen LogP contribution is 2.32. The minimum atomic E-state index is -4.15. The average Bonchev–Trinajstić information content (AvgIpc) is 3.62. The number of imidazole rings is 1. The Kier molecular flexibility index (Phi) is 3.95. The monoisotopic (exact) mass is 415 g/mol. The lowest BCUT2D eigenvalue weighted by Crippen LogP contribution is -2.41. The Morgan fingerprint density at radius 2 is 1.55 bits per heavy atom. The molecule has 9 nitrogen and oxygen atoms in total. The normalized spacial score (nSPS) is 17.1. The van der Waals surface area contributed by atoms with Gasteiger partial charge in [-0.05, 0) is 49.7 Å². The van der Waals surface area contributed by atoms with Crippen LogP contribution in [-0.4, -0.2) is 26.5 Å². The summed E-state index contributed by atoms with van der Waals surface area (Å²) in [6.07, 6.45) is 3.90. The van der Waals surface area contributed by atoms with E-state index in [4.69, 9.17) is 5.73 Å². The minimum Gasteiger partial charge on any atom is -0.368 e. The molecule has 0 radical (unpaired) electrons. The molecular weight excluding hydrogens is 394 g/mol. The predicted molar refractivity (Wildman–Crippen MR) is 107 cm³/mol. The van der Waals surface area contributed by atoms with E-state index < -0.39 is 21.3 Å². The summed E-state index contributed by atoms with van der Waals surface area (Å²) in [5, 5.41) is 0. The van der Waals surface area contributed by atoms with Gasteiger partial charge in [0.2, 0.25) is 5.95 Å². The Morgan fingerprint density at radius 1 is 0.966 bits per heavy atom. The van der Waals surface area contributed by atoms with Gasteiger partial charge in [-0.15, -0.1) is 0 Å². The number of benzene rings is 1. The fourth-order valence-corrected chi connectivity index (χ4v) is 5.02. The van der Waals surface area contributed by atoms with Crippen LogP contribution in [0.5, 0.6) is 0 Å². The van der Waals surface area contributed by atoms with E-state index >= 15 is 0 Å². The average molecular weight is 415 g/mol. The zero-order chi connectivity index (χ0) is 20.3. The Morgan fingerprint density at radius 3 is 2.14 bits per heavy atom. The van der Waals surface area contributed by atoms with Crippen LogP contribution in [0.15, 0.2) is 44.8 Å². The van der Waals surface area contributed by atoms with Crippen molar-refractivity contribution in [2.45, 2.75) is 43.7 Å². The molecule has 3 aromatic rings. The molecule has 0 unspecified atom stereocenters. The summed E-state index contributed by atoms with van der Waals surface area (Å²) in [6, 6.07) is 7.75. The molecule has 2 fully saturated rings. The van der Waals surface area contributed by atoms with Crippen LogP contribution in [0.2, 0.25) is 0 Å². The highest BCUT2D eigenvalue weighted by atomic mass is 32.2. The summed E-state index contributed by atoms with van der Waals surface area (Å²) in [4.78, 5) is 30.5. The predicted octanol–water partition coefficient (Wildman–Crippen LogP) is 0.999. The molecule has 2 heterocycles. The molecule has 0 aliphatic heterocycles. The molecule has 0 amide bonds. The Balaban J connectivity index is 1.83. The topological polar surface area (TPSA) is 122 Å². The van der Waals surface area contributed by atoms with E-state index in [1.807, 2.05) is 0 Å². The summed E-state index contributed by atoms with van der Waals surface area (Å²) in [5.74, 6) is 0.278. The number of rotatable bonds is 6. The van der Waals surface area contributed by atoms with Gasteiger partial charge in [0.25, 0.3) is 15.6 Å². The van der Waals surface area contributed by atoms with Gasteiger partial charge in [-0.1, -0.05) is 18.2 Å². The van der Waals surface area contributed by atoms with Gasteiger partial charge >= 0.3 is 5.69 Å². The van der Waals surface area contributed by atoms with Crippen LogP contribution in [0, 0.1) is 11.8 Å². The molecule has 5 rings (SSSR count). The third-order valence-corrected chi connectivity index (χ3v) is 7.28. The Bertz CT molecular complexity index is 1330. The highest BCUT2D eigenvalue weighted by molar-refractivity contribution is 7.90. The van der Waals surface area contributed by atoms with Gasteiger partial charge in [0.15, 0.2) is 11.2 Å². The van der Waals surface area contributed by atoms with E-state index in [1.165, 1.54) is 16.7 Å². The summed E-state index contributed by atoms with van der Waals surface area (Å²) < 4.78 is 29.9. The van der Waals surface area contributed by atoms with Crippen LogP contribution in [0.4, 0.5) is 5.95 Å². The van der Waals surface area contributed by atoms with Crippen molar-refractivity contribution in [2.24, 2.45) is 11.8 Å². The highest BCUT2D eigenvalue weighted by Gasteiger charge is 2.32. The van der Waals surface area contributed by atoms with Gasteiger partial charge in [-0.2, -0.15) is 8.96 Å². The fourth-order valence-electron chi connectivity index (χ4n) is 3.62. The molecule has 1 aromatic carbocycles. The molecule has 29 heavy (non-hydrogen) atoms. The van der Waals surface area contributed by atoms with Gasteiger partial charge in [0.05, 0.1) is 4.90 Å². The molecule has 2 N–H and O–H groups in total. The number of aromatic nitrogens is 4. The number of nitrogens with two attached hydrogens (primary N) is 1. The molecule has 0 atom stereocenters. The molecule has 2 saturated carbocycles. The van der Waals surface area contributed by atoms with E-state index in [-0.39, 0.29) is 34.5 Å². The first-order chi connectivity index (χ1) is 13.9. The quantitative estimate of drug-likeness (QED) is 0.641. The summed E-state index contributed by atoms with van der Waals surface area (Å²) >= 11 is 0. The smallest absolute Gasteiger partial charge is 0.332 e. The lowest BCUT2D eigenvalue weighted by Gasteiger charge is -2.12. The van der Waals surface area contributed by atoms with Crippen LogP contribution in [0.3, 0.4) is 0 Å². The van der Waals surface area contributed by atoms with Crippen LogP contribution >= 0.6 is 0 Å². The maximum Gasteiger partial charge on any atom is 0.332 e. The van der Waals surface area contributed by atoms with Gasteiger partial charge in [0.1, 0.15) is 0 Å². The second kappa shape index (κ2) is 6.31. The lowest BCUT2D eigenvalue weighted by atomic mass is 10.3. The van der Waals surface area contributed by atoms with Gasteiger partial charge in [0, 0.05) is 13.1 Å². The zero-order valence-corrected chi connectivity index (χ0v) is 16.5. The number of fused-ring (bicyclic) bond motifs is 1. The number of anilines is 1. The molecule has 152 valence electrons. The van der Waals surface area contributed by atoms with E-state index in [0.29, 0.717) is 12.5 Å². The van der Waals surface area contributed by atoms with E-state index in [2.05, 4.69) is 4.98 Å². The second-order valence-electron chi connectivity index (χ2n) is 7.92. The minimum absolute atomic E-state index is 0.000846. The van der Waals surface area contributed by atoms with Gasteiger partial charge < -0.3 is 5.73 Å². The van der Waals surface area contributed by atoms with Crippen molar-refractivity contribution in [3.63, 3.8) is 0 Å². The number of hydrogen-bond donors (Lipinski definition) is 1. The first-order valence-corrected chi connectivity index (χ1v) is 11.1. The van der Waals surface area contributed by atoms with Gasteiger partial charge in [-0.3, -0.25) is 13.9 Å². The third kappa shape index (κ3) is 2.98. The third-order valence-electron chi connectivity index (χ3n) is 5.57. The van der Waals surface area contributed by atoms with Crippen molar-refractivity contribution >= 4 is 27.1 Å². The SMILES string of the molecule is Nc1nc2c(c(=O)n(CC3CC3)c(=O)n2CC2CC2)n1S(=O)(=O)c1ccccc1. The maximum absolute atomic E-state index is 13.3. The fraction of sp³-hybridized carbons (Fsp3) is 0.421. The Hall–Kier alpha value is -2.88. The summed E-state index contributed by atoms with van der Waals surface area (Å²) in [6.45, 7) is 0.691. The molecule has 2 aromatic heterocycles. The number of nitrogens with zero attached hydrogens (tertiary/aromatic N) is 4. The van der Waals surface area contributed by atoms with E-state index in [1.54, 1.807) is 18.2 Å². The molecule has 0 spiro atoms. The van der Waals surface area contributed by atoms with Crippen molar-refractivity contribution < 1.29 is 8.42 Å². The van der Waals surface area contributed by atoms with Crippen molar-refractivity contribution in [1.82, 2.24) is 18.1 Å². The largest absolute Gasteiger partial charge is 0.368 e. The Labute approximate surface area is 166 Å². The van der Waals surface area contributed by atoms with Crippen molar-refractivity contribution in [2.75, 3.05) is 5.73 Å². The molecular formula is C19H21N5O4S.